The molecule has 2 radical (unpaired) electrons. The summed E-state index contributed by atoms with van der Waals surface area (Å²) in [6.45, 7) is 4.32. The van der Waals surface area contributed by atoms with Gasteiger partial charge in [-0.05, 0) is 37.8 Å². The maximum atomic E-state index is 11.9. The third-order valence-electron chi connectivity index (χ3n) is 3.69. The molecule has 132 valence electrons. The summed E-state index contributed by atoms with van der Waals surface area (Å²) < 4.78 is 13.1. The number of rotatable bonds is 9. The molecule has 0 unspecified atom stereocenters. The molecule has 0 aliphatic carbocycles. The highest BCUT2D eigenvalue weighted by Gasteiger charge is 2.14. The zero-order valence-corrected chi connectivity index (χ0v) is 15.1. The lowest BCUT2D eigenvalue weighted by molar-refractivity contribution is -0.134. The molecule has 2 aromatic rings. The first-order valence-corrected chi connectivity index (χ1v) is 8.55. The summed E-state index contributed by atoms with van der Waals surface area (Å²) >= 11 is 0. The van der Waals surface area contributed by atoms with E-state index in [-0.39, 0.29) is 5.97 Å². The van der Waals surface area contributed by atoms with Gasteiger partial charge in [-0.3, -0.25) is 9.48 Å². The van der Waals surface area contributed by atoms with Crippen LogP contribution in [0.2, 0.25) is 0 Å². The number of esters is 1. The van der Waals surface area contributed by atoms with E-state index < -0.39 is 0 Å². The Labute approximate surface area is 149 Å². The number of carbonyl (C=O) groups excluding carboxylic acids is 1. The van der Waals surface area contributed by atoms with Crippen LogP contribution in [-0.4, -0.2) is 35.4 Å². The molecule has 0 saturated carbocycles. The summed E-state index contributed by atoms with van der Waals surface area (Å²) in [4.78, 5) is 11.9. The second kappa shape index (κ2) is 9.25. The van der Waals surface area contributed by atoms with Crippen LogP contribution in [0.3, 0.4) is 0 Å². The van der Waals surface area contributed by atoms with Crippen molar-refractivity contribution < 1.29 is 14.3 Å². The Bertz CT molecular complexity index is 716. The number of carbonyl (C=O) groups is 1. The SMILES string of the molecule is [B]Cc1cc(C)c(OC(=O)CCC)c(OCCCc2cn(C)nn2)c1. The Kier molecular flexibility index (Phi) is 7.04. The van der Waals surface area contributed by atoms with Crippen molar-refractivity contribution in [3.05, 3.63) is 35.2 Å². The molecule has 1 aromatic heterocycles. The molecule has 0 saturated heterocycles. The van der Waals surface area contributed by atoms with Gasteiger partial charge in [-0.25, -0.2) is 0 Å². The quantitative estimate of drug-likeness (QED) is 0.303. The van der Waals surface area contributed by atoms with E-state index in [0.717, 1.165) is 36.1 Å². The zero-order chi connectivity index (χ0) is 18.2. The molecule has 6 nitrogen and oxygen atoms in total. The summed E-state index contributed by atoms with van der Waals surface area (Å²) in [5.74, 6) is 0.787. The minimum Gasteiger partial charge on any atom is -0.490 e. The summed E-state index contributed by atoms with van der Waals surface area (Å²) in [6.07, 6.45) is 4.97. The maximum absolute atomic E-state index is 11.9. The number of nitrogens with zero attached hydrogens (tertiary/aromatic N) is 3. The van der Waals surface area contributed by atoms with Gasteiger partial charge in [0.05, 0.1) is 20.1 Å². The van der Waals surface area contributed by atoms with Crippen molar-refractivity contribution in [3.63, 3.8) is 0 Å². The van der Waals surface area contributed by atoms with Crippen LogP contribution in [0.15, 0.2) is 18.3 Å². The van der Waals surface area contributed by atoms with Crippen LogP contribution >= 0.6 is 0 Å². The molecule has 0 aliphatic rings. The maximum Gasteiger partial charge on any atom is 0.311 e. The van der Waals surface area contributed by atoms with Gasteiger partial charge in [0.1, 0.15) is 0 Å². The van der Waals surface area contributed by atoms with Crippen LogP contribution in [0, 0.1) is 6.92 Å². The Balaban J connectivity index is 2.02. The van der Waals surface area contributed by atoms with Gasteiger partial charge >= 0.3 is 5.97 Å². The molecule has 1 heterocycles. The van der Waals surface area contributed by atoms with E-state index >= 15 is 0 Å². The van der Waals surface area contributed by atoms with Gasteiger partial charge in [-0.2, -0.15) is 0 Å². The molecule has 0 bridgehead atoms. The first-order valence-electron chi connectivity index (χ1n) is 8.55. The van der Waals surface area contributed by atoms with E-state index in [4.69, 9.17) is 17.3 Å². The number of hydrogen-bond acceptors (Lipinski definition) is 5. The van der Waals surface area contributed by atoms with Gasteiger partial charge in [0.15, 0.2) is 11.5 Å². The van der Waals surface area contributed by atoms with Crippen molar-refractivity contribution in [2.45, 2.75) is 45.9 Å². The molecule has 1 aromatic carbocycles. The van der Waals surface area contributed by atoms with Crippen molar-refractivity contribution in [1.82, 2.24) is 15.0 Å². The summed E-state index contributed by atoms with van der Waals surface area (Å²) in [6, 6.07) is 3.75. The number of hydrogen-bond donors (Lipinski definition) is 0. The van der Waals surface area contributed by atoms with Gasteiger partial charge in [-0.1, -0.05) is 30.1 Å². The lowest BCUT2D eigenvalue weighted by atomic mass is 9.95. The van der Waals surface area contributed by atoms with Crippen LogP contribution in [0.4, 0.5) is 0 Å². The zero-order valence-electron chi connectivity index (χ0n) is 15.1. The van der Waals surface area contributed by atoms with Crippen molar-refractivity contribution in [2.75, 3.05) is 6.61 Å². The van der Waals surface area contributed by atoms with Crippen LogP contribution in [-0.2, 0) is 24.6 Å². The van der Waals surface area contributed by atoms with E-state index in [1.807, 2.05) is 39.2 Å². The standard InChI is InChI=1S/C18H24BN3O3/c1-4-6-17(23)25-18-13(2)9-14(11-19)10-16(18)24-8-5-7-15-12-22(3)21-20-15/h9-10,12H,4-8,11H2,1-3H3. The fourth-order valence-electron chi connectivity index (χ4n) is 2.48. The molecule has 7 heteroatoms. The Morgan fingerprint density at radius 3 is 2.80 bits per heavy atom. The van der Waals surface area contributed by atoms with Crippen molar-refractivity contribution in [1.29, 1.82) is 0 Å². The van der Waals surface area contributed by atoms with Gasteiger partial charge in [-0.15, -0.1) is 5.10 Å². The number of aryl methyl sites for hydroxylation is 3. The Hall–Kier alpha value is -2.31. The van der Waals surface area contributed by atoms with Crippen molar-refractivity contribution in [2.24, 2.45) is 7.05 Å². The molecule has 2 rings (SSSR count). The fraction of sp³-hybridized carbons (Fsp3) is 0.500. The highest BCUT2D eigenvalue weighted by atomic mass is 16.6. The van der Waals surface area contributed by atoms with E-state index in [9.17, 15) is 4.79 Å². The molecular weight excluding hydrogens is 317 g/mol. The summed E-state index contributed by atoms with van der Waals surface area (Å²) in [7, 11) is 7.58. The Morgan fingerprint density at radius 1 is 1.36 bits per heavy atom. The first-order chi connectivity index (χ1) is 12.0. The molecule has 0 spiro atoms. The molecule has 0 N–H and O–H groups in total. The van der Waals surface area contributed by atoms with E-state index in [1.165, 1.54) is 0 Å². The van der Waals surface area contributed by atoms with E-state index in [0.29, 0.717) is 30.8 Å². The average molecular weight is 341 g/mol. The summed E-state index contributed by atoms with van der Waals surface area (Å²) in [5, 5.41) is 7.96. The fourth-order valence-corrected chi connectivity index (χ4v) is 2.48. The lowest BCUT2D eigenvalue weighted by Crippen LogP contribution is -2.10. The molecule has 0 amide bonds. The van der Waals surface area contributed by atoms with Gasteiger partial charge in [0.2, 0.25) is 0 Å². The van der Waals surface area contributed by atoms with Crippen LogP contribution in [0.25, 0.3) is 0 Å². The monoisotopic (exact) mass is 341 g/mol. The second-order valence-corrected chi connectivity index (χ2v) is 6.00. The van der Waals surface area contributed by atoms with Gasteiger partial charge in [0.25, 0.3) is 0 Å². The average Bonchev–Trinajstić information content (AvgIpc) is 2.99. The first kappa shape index (κ1) is 19.0. The molecule has 0 fully saturated rings. The van der Waals surface area contributed by atoms with Crippen LogP contribution in [0.5, 0.6) is 11.5 Å². The highest BCUT2D eigenvalue weighted by Crippen LogP contribution is 2.33. The second-order valence-electron chi connectivity index (χ2n) is 6.00. The third-order valence-corrected chi connectivity index (χ3v) is 3.69. The molecule has 25 heavy (non-hydrogen) atoms. The van der Waals surface area contributed by atoms with Crippen LogP contribution < -0.4 is 9.47 Å². The third kappa shape index (κ3) is 5.62. The minimum absolute atomic E-state index is 0.254. The molecular formula is C18H24BN3O3. The molecule has 0 atom stereocenters. The van der Waals surface area contributed by atoms with Crippen molar-refractivity contribution >= 4 is 13.8 Å². The predicted octanol–water partition coefficient (Wildman–Crippen LogP) is 2.51. The smallest absolute Gasteiger partial charge is 0.311 e. The Morgan fingerprint density at radius 2 is 2.16 bits per heavy atom. The van der Waals surface area contributed by atoms with Crippen molar-refractivity contribution in [3.8, 4) is 11.5 Å². The van der Waals surface area contributed by atoms with Crippen LogP contribution in [0.1, 0.15) is 43.0 Å². The normalized spacial score (nSPS) is 10.7. The van der Waals surface area contributed by atoms with E-state index in [2.05, 4.69) is 10.3 Å². The largest absolute Gasteiger partial charge is 0.490 e. The van der Waals surface area contributed by atoms with E-state index in [1.54, 1.807) is 4.68 Å². The number of aromatic nitrogens is 3. The summed E-state index contributed by atoms with van der Waals surface area (Å²) in [5.41, 5.74) is 2.71. The van der Waals surface area contributed by atoms with Gasteiger partial charge in [0, 0.05) is 19.7 Å². The predicted molar refractivity (Wildman–Crippen MR) is 96.0 cm³/mol. The van der Waals surface area contributed by atoms with Gasteiger partial charge < -0.3 is 9.47 Å². The number of ether oxygens (including phenoxy) is 2. The highest BCUT2D eigenvalue weighted by molar-refractivity contribution is 6.08. The lowest BCUT2D eigenvalue weighted by Gasteiger charge is -2.15. The topological polar surface area (TPSA) is 66.2 Å². The molecule has 0 aliphatic heterocycles. The number of benzene rings is 1. The minimum atomic E-state index is -0.254.